The number of amides is 1. The van der Waals surface area contributed by atoms with Crippen LogP contribution >= 0.6 is 0 Å². The van der Waals surface area contributed by atoms with Crippen LogP contribution in [-0.2, 0) is 14.3 Å². The van der Waals surface area contributed by atoms with E-state index in [1.807, 2.05) is 0 Å². The van der Waals surface area contributed by atoms with Gasteiger partial charge < -0.3 is 20.3 Å². The molecule has 0 aliphatic rings. The van der Waals surface area contributed by atoms with Crippen molar-refractivity contribution < 1.29 is 24.5 Å². The van der Waals surface area contributed by atoms with Crippen LogP contribution in [0.5, 0.6) is 0 Å². The van der Waals surface area contributed by atoms with Crippen LogP contribution in [0.25, 0.3) is 0 Å². The van der Waals surface area contributed by atoms with Crippen LogP contribution in [0.4, 0.5) is 0 Å². The fraction of sp³-hybridized carbons (Fsp3) is 0.806. The summed E-state index contributed by atoms with van der Waals surface area (Å²) in [7, 11) is 0. The molecule has 6 heteroatoms. The highest BCUT2D eigenvalue weighted by Crippen LogP contribution is 2.18. The van der Waals surface area contributed by atoms with Gasteiger partial charge in [0.25, 0.3) is 0 Å². The molecule has 1 amide bonds. The number of ether oxygens (including phenoxy) is 1. The van der Waals surface area contributed by atoms with Crippen LogP contribution in [0.3, 0.4) is 0 Å². The van der Waals surface area contributed by atoms with Crippen molar-refractivity contribution in [3.8, 4) is 0 Å². The van der Waals surface area contributed by atoms with E-state index < -0.39 is 18.2 Å². The number of rotatable bonds is 53. The van der Waals surface area contributed by atoms with Gasteiger partial charge in [-0.25, -0.2) is 0 Å². The van der Waals surface area contributed by atoms with Crippen molar-refractivity contribution in [2.24, 2.45) is 0 Å². The Kier molecular flexibility index (Phi) is 53.5. The summed E-state index contributed by atoms with van der Waals surface area (Å²) in [6.45, 7) is 6.47. The summed E-state index contributed by atoms with van der Waals surface area (Å²) < 4.78 is 5.94. The largest absolute Gasteiger partial charge is 0.462 e. The highest BCUT2D eigenvalue weighted by Gasteiger charge is 2.24. The van der Waals surface area contributed by atoms with Crippen LogP contribution in [0.15, 0.2) is 60.8 Å². The molecule has 3 N–H and O–H groups in total. The van der Waals surface area contributed by atoms with E-state index >= 15 is 0 Å². The molecule has 0 fully saturated rings. The lowest BCUT2D eigenvalue weighted by Gasteiger charge is -2.24. The molecule has 396 valence electrons. The number of aliphatic hydroxyl groups is 2. The van der Waals surface area contributed by atoms with Crippen molar-refractivity contribution in [1.29, 1.82) is 0 Å². The molecule has 68 heavy (non-hydrogen) atoms. The van der Waals surface area contributed by atoms with Crippen molar-refractivity contribution >= 4 is 11.9 Å². The first-order valence-corrected chi connectivity index (χ1v) is 29.5. The van der Waals surface area contributed by atoms with Crippen LogP contribution in [0, 0.1) is 0 Å². The number of hydrogen-bond acceptors (Lipinski definition) is 5. The summed E-state index contributed by atoms with van der Waals surface area (Å²) in [6.07, 6.45) is 70.0. The predicted octanol–water partition coefficient (Wildman–Crippen LogP) is 18.4. The van der Waals surface area contributed by atoms with E-state index in [1.54, 1.807) is 0 Å². The topological polar surface area (TPSA) is 95.9 Å². The summed E-state index contributed by atoms with van der Waals surface area (Å²) >= 11 is 0. The van der Waals surface area contributed by atoms with Crippen molar-refractivity contribution in [1.82, 2.24) is 5.32 Å². The van der Waals surface area contributed by atoms with E-state index in [0.29, 0.717) is 25.7 Å². The van der Waals surface area contributed by atoms with Gasteiger partial charge in [-0.15, -0.1) is 0 Å². The number of carbonyl (C=O) groups is 2. The lowest BCUT2D eigenvalue weighted by Crippen LogP contribution is -2.46. The van der Waals surface area contributed by atoms with Crippen LogP contribution in [0.1, 0.15) is 297 Å². The Morgan fingerprint density at radius 1 is 0.426 bits per heavy atom. The lowest BCUT2D eigenvalue weighted by molar-refractivity contribution is -0.151. The smallest absolute Gasteiger partial charge is 0.306 e. The third kappa shape index (κ3) is 50.0. The van der Waals surface area contributed by atoms with Gasteiger partial charge in [0.2, 0.25) is 5.91 Å². The van der Waals surface area contributed by atoms with Gasteiger partial charge in [-0.1, -0.05) is 255 Å². The Morgan fingerprint density at radius 3 is 1.18 bits per heavy atom. The van der Waals surface area contributed by atoms with Gasteiger partial charge in [0, 0.05) is 6.42 Å². The zero-order valence-electron chi connectivity index (χ0n) is 45.2. The van der Waals surface area contributed by atoms with Gasteiger partial charge in [-0.05, 0) is 89.9 Å². The van der Waals surface area contributed by atoms with Crippen LogP contribution in [0.2, 0.25) is 0 Å². The van der Waals surface area contributed by atoms with Gasteiger partial charge in [-0.3, -0.25) is 9.59 Å². The lowest BCUT2D eigenvalue weighted by atomic mass is 10.0. The molecule has 6 nitrogen and oxygen atoms in total. The van der Waals surface area contributed by atoms with E-state index in [1.165, 1.54) is 180 Å². The zero-order chi connectivity index (χ0) is 49.5. The number of allylic oxidation sites excluding steroid dienone is 10. The fourth-order valence-electron chi connectivity index (χ4n) is 8.83. The second-order valence-corrected chi connectivity index (χ2v) is 20.0. The molecule has 0 aromatic heterocycles. The van der Waals surface area contributed by atoms with Crippen LogP contribution in [-0.4, -0.2) is 46.9 Å². The predicted molar refractivity (Wildman–Crippen MR) is 296 cm³/mol. The molecule has 0 saturated carbocycles. The van der Waals surface area contributed by atoms with Crippen molar-refractivity contribution in [2.45, 2.75) is 315 Å². The summed E-state index contributed by atoms with van der Waals surface area (Å²) in [5.41, 5.74) is 0. The number of aliphatic hydroxyl groups excluding tert-OH is 2. The first-order valence-electron chi connectivity index (χ1n) is 29.5. The Labute approximate surface area is 422 Å². The highest BCUT2D eigenvalue weighted by atomic mass is 16.5. The van der Waals surface area contributed by atoms with Crippen molar-refractivity contribution in [3.05, 3.63) is 60.8 Å². The average Bonchev–Trinajstić information content (AvgIpc) is 3.33. The number of esters is 1. The second kappa shape index (κ2) is 55.5. The van der Waals surface area contributed by atoms with Gasteiger partial charge >= 0.3 is 5.97 Å². The summed E-state index contributed by atoms with van der Waals surface area (Å²) in [6, 6.07) is -0.716. The standard InChI is InChI=1S/C62H113NO5/c1-4-7-10-13-16-19-22-25-28-30-33-35-38-41-44-47-50-53-58(68-62(67)55-52-49-46-43-40-37-34-31-29-26-23-20-17-14-11-8-5-2)56-61(66)63-59(57-64)60(65)54-51-48-45-42-39-36-32-27-24-21-18-15-12-9-6-3/h17,20,25-26,28-29,34,37,43,46,58-60,64-65H,4-16,18-19,21-24,27,30-33,35-36,38-42,44-45,47-57H2,1-3H3,(H,63,66)/b20-17-,28-25+,29-26-,37-34-,46-43-. The molecule has 3 atom stereocenters. The van der Waals surface area contributed by atoms with Crippen LogP contribution < -0.4 is 5.32 Å². The fourth-order valence-corrected chi connectivity index (χ4v) is 8.83. The maximum absolute atomic E-state index is 13.3. The SMILES string of the molecule is CCCCC/C=C\C/C=C\C/C=C\C/C=C\CCCC(=O)OC(CCCCCCCCC/C=C/CCCCCCCC)CC(=O)NC(CO)C(O)CCCCCCCCCCCCCCCCC. The third-order valence-corrected chi connectivity index (χ3v) is 13.3. The molecule has 0 spiro atoms. The number of carbonyl (C=O) groups excluding carboxylic acids is 2. The first-order chi connectivity index (χ1) is 33.5. The van der Waals surface area contributed by atoms with E-state index in [-0.39, 0.29) is 24.9 Å². The highest BCUT2D eigenvalue weighted by molar-refractivity contribution is 5.77. The molecule has 0 saturated heterocycles. The molecule has 0 heterocycles. The minimum atomic E-state index is -0.800. The maximum Gasteiger partial charge on any atom is 0.306 e. The molecule has 0 rings (SSSR count). The molecule has 3 unspecified atom stereocenters. The second-order valence-electron chi connectivity index (χ2n) is 20.0. The Balaban J connectivity index is 4.65. The zero-order valence-corrected chi connectivity index (χ0v) is 45.2. The molecule has 0 aliphatic carbocycles. The molecular formula is C62H113NO5. The number of unbranched alkanes of at least 4 members (excludes halogenated alkanes) is 31. The maximum atomic E-state index is 13.3. The minimum Gasteiger partial charge on any atom is -0.462 e. The molecular weight excluding hydrogens is 839 g/mol. The monoisotopic (exact) mass is 952 g/mol. The third-order valence-electron chi connectivity index (χ3n) is 13.3. The molecule has 0 bridgehead atoms. The number of nitrogens with one attached hydrogen (secondary N) is 1. The first kappa shape index (κ1) is 65.6. The molecule has 0 aromatic carbocycles. The summed E-state index contributed by atoms with van der Waals surface area (Å²) in [5.74, 6) is -0.536. The van der Waals surface area contributed by atoms with Crippen molar-refractivity contribution in [3.63, 3.8) is 0 Å². The summed E-state index contributed by atoms with van der Waals surface area (Å²) in [4.78, 5) is 26.3. The normalized spacial score (nSPS) is 13.5. The van der Waals surface area contributed by atoms with Gasteiger partial charge in [0.15, 0.2) is 0 Å². The van der Waals surface area contributed by atoms with Gasteiger partial charge in [-0.2, -0.15) is 0 Å². The summed E-state index contributed by atoms with van der Waals surface area (Å²) in [5, 5.41) is 23.9. The quantitative estimate of drug-likeness (QED) is 0.0321. The van der Waals surface area contributed by atoms with E-state index in [9.17, 15) is 19.8 Å². The number of hydrogen-bond donors (Lipinski definition) is 3. The van der Waals surface area contributed by atoms with E-state index in [0.717, 1.165) is 64.2 Å². The van der Waals surface area contributed by atoms with Gasteiger partial charge in [0.05, 0.1) is 25.2 Å². The Morgan fingerprint density at radius 2 is 0.750 bits per heavy atom. The molecule has 0 radical (unpaired) electrons. The molecule has 0 aliphatic heterocycles. The van der Waals surface area contributed by atoms with Crippen molar-refractivity contribution in [2.75, 3.05) is 6.61 Å². The van der Waals surface area contributed by atoms with E-state index in [2.05, 4.69) is 86.8 Å². The van der Waals surface area contributed by atoms with E-state index in [4.69, 9.17) is 4.74 Å². The van der Waals surface area contributed by atoms with Gasteiger partial charge in [0.1, 0.15) is 6.10 Å². The Hall–Kier alpha value is -2.44. The average molecular weight is 953 g/mol. The Bertz CT molecular complexity index is 1210. The molecule has 0 aromatic rings. The minimum absolute atomic E-state index is 0.0530.